The molecule has 1 heterocycles. The van der Waals surface area contributed by atoms with Gasteiger partial charge in [0.2, 0.25) is 0 Å². The van der Waals surface area contributed by atoms with Gasteiger partial charge in [-0.2, -0.15) is 0 Å². The van der Waals surface area contributed by atoms with Crippen LogP contribution in [-0.2, 0) is 0 Å². The summed E-state index contributed by atoms with van der Waals surface area (Å²) < 4.78 is 0. The Balaban J connectivity index is 0.000000673. The van der Waals surface area contributed by atoms with Crippen molar-refractivity contribution in [3.05, 3.63) is 11.1 Å². The van der Waals surface area contributed by atoms with Crippen LogP contribution >= 0.6 is 34.8 Å². The van der Waals surface area contributed by atoms with Crippen LogP contribution in [0.3, 0.4) is 0 Å². The molecule has 92 valence electrons. The molecule has 7 heteroatoms. The lowest BCUT2D eigenvalue weighted by Gasteiger charge is -2.17. The van der Waals surface area contributed by atoms with Crippen molar-refractivity contribution in [3.8, 4) is 5.75 Å². The van der Waals surface area contributed by atoms with Crippen molar-refractivity contribution in [2.24, 2.45) is 0 Å². The molecule has 1 aromatic rings. The number of rotatable bonds is 1. The first-order valence-electron chi connectivity index (χ1n) is 4.51. The molecule has 0 fully saturated rings. The predicted octanol–water partition coefficient (Wildman–Crippen LogP) is 2.99. The minimum Gasteiger partial charge on any atom is -0.504 e. The number of halogens is 3. The van der Waals surface area contributed by atoms with Crippen molar-refractivity contribution in [1.82, 2.24) is 4.98 Å². The number of alkyl halides is 2. The Morgan fingerprint density at radius 2 is 1.81 bits per heavy atom. The number of nitrogen functional groups attached to an aromatic ring is 1. The van der Waals surface area contributed by atoms with Gasteiger partial charge < -0.3 is 10.8 Å². The maximum absolute atomic E-state index is 9.23. The molecule has 3 N–H and O–H groups in total. The molecule has 0 aliphatic rings. The fraction of sp³-hybridized carbons (Fsp3) is 0.444. The first kappa shape index (κ1) is 15.8. The average Bonchev–Trinajstić information content (AvgIpc) is 2.10. The Labute approximate surface area is 112 Å². The summed E-state index contributed by atoms with van der Waals surface area (Å²) in [4.78, 5) is 4.10. The topological polar surface area (TPSA) is 59.1 Å². The number of nitrogens with two attached hydrogens (primary N) is 1. The Bertz CT molecular complexity index is 355. The van der Waals surface area contributed by atoms with Crippen molar-refractivity contribution in [2.75, 3.05) is 11.1 Å². The van der Waals surface area contributed by atoms with Crippen molar-refractivity contribution in [1.29, 1.82) is 0 Å². The molecule has 0 saturated carbocycles. The second-order valence-corrected chi connectivity index (χ2v) is 10.3. The molecule has 0 saturated heterocycles. The number of hydrogen-bond acceptors (Lipinski definition) is 3. The minimum atomic E-state index is -1.57. The second-order valence-electron chi connectivity index (χ2n) is 4.07. The van der Waals surface area contributed by atoms with Crippen LogP contribution in [0.5, 0.6) is 5.75 Å². The number of nitrogens with zero attached hydrogens (tertiary/aromatic N) is 1. The quantitative estimate of drug-likeness (QED) is 0.619. The number of aromatic hydroxyl groups is 1. The molecular weight excluding hydrogens is 287 g/mol. The standard InChI is InChI=1S/C8H13ClN2OSi.CH2Cl2/c1-13(2,3)8-5(9)4-6(12)7(10)11-8;2-1-3/h4,12H,1-3H3,(H2,10,11);1H2. The van der Waals surface area contributed by atoms with Gasteiger partial charge in [0.15, 0.2) is 11.6 Å². The molecule has 0 unspecified atom stereocenters. The van der Waals surface area contributed by atoms with Gasteiger partial charge in [0.1, 0.15) is 8.07 Å². The van der Waals surface area contributed by atoms with Crippen LogP contribution in [0.25, 0.3) is 0 Å². The lowest BCUT2D eigenvalue weighted by atomic mass is 10.4. The summed E-state index contributed by atoms with van der Waals surface area (Å²) in [5.41, 5.74) is 5.49. The smallest absolute Gasteiger partial charge is 0.165 e. The van der Waals surface area contributed by atoms with Gasteiger partial charge in [-0.25, -0.2) is 4.98 Å². The maximum Gasteiger partial charge on any atom is 0.165 e. The number of hydrogen-bond donors (Lipinski definition) is 2. The van der Waals surface area contributed by atoms with Gasteiger partial charge in [0.05, 0.1) is 10.4 Å². The zero-order valence-corrected chi connectivity index (χ0v) is 12.7. The van der Waals surface area contributed by atoms with E-state index in [0.29, 0.717) is 5.02 Å². The van der Waals surface area contributed by atoms with E-state index < -0.39 is 8.07 Å². The summed E-state index contributed by atoms with van der Waals surface area (Å²) in [6, 6.07) is 1.46. The van der Waals surface area contributed by atoms with Crippen LogP contribution in [0, 0.1) is 0 Å². The average molecular weight is 302 g/mol. The maximum atomic E-state index is 9.23. The van der Waals surface area contributed by atoms with Gasteiger partial charge >= 0.3 is 0 Å². The molecule has 0 amide bonds. The SMILES string of the molecule is C[Si](C)(C)c1nc(N)c(O)cc1Cl.ClCCl. The summed E-state index contributed by atoms with van der Waals surface area (Å²) in [5, 5.41) is 10.8. The summed E-state index contributed by atoms with van der Waals surface area (Å²) in [6.07, 6.45) is 0. The normalized spacial score (nSPS) is 10.6. The van der Waals surface area contributed by atoms with Crippen molar-refractivity contribution >= 4 is 54.0 Å². The second kappa shape index (κ2) is 6.54. The van der Waals surface area contributed by atoms with Crippen molar-refractivity contribution < 1.29 is 5.11 Å². The highest BCUT2D eigenvalue weighted by atomic mass is 35.5. The van der Waals surface area contributed by atoms with Crippen LogP contribution in [0.15, 0.2) is 6.07 Å². The fourth-order valence-corrected chi connectivity index (χ4v) is 3.26. The van der Waals surface area contributed by atoms with E-state index in [2.05, 4.69) is 24.6 Å². The molecule has 0 aliphatic carbocycles. The van der Waals surface area contributed by atoms with Gasteiger partial charge in [-0.3, -0.25) is 0 Å². The minimum absolute atomic E-state index is 0.0491. The fourth-order valence-electron chi connectivity index (χ4n) is 1.02. The van der Waals surface area contributed by atoms with E-state index in [0.717, 1.165) is 5.32 Å². The molecule has 0 spiro atoms. The third-order valence-electron chi connectivity index (χ3n) is 1.69. The summed E-state index contributed by atoms with van der Waals surface area (Å²) in [6.45, 7) is 6.37. The predicted molar refractivity (Wildman–Crippen MR) is 74.9 cm³/mol. The van der Waals surface area contributed by atoms with E-state index in [1.165, 1.54) is 6.07 Å². The van der Waals surface area contributed by atoms with Crippen molar-refractivity contribution in [3.63, 3.8) is 0 Å². The molecule has 1 aromatic heterocycles. The molecule has 1 rings (SSSR count). The monoisotopic (exact) mass is 300 g/mol. The zero-order valence-electron chi connectivity index (χ0n) is 9.39. The van der Waals surface area contributed by atoms with Gasteiger partial charge in [-0.05, 0) is 0 Å². The molecule has 0 aromatic carbocycles. The van der Waals surface area contributed by atoms with E-state index in [1.54, 1.807) is 0 Å². The van der Waals surface area contributed by atoms with E-state index in [9.17, 15) is 5.11 Å². The lowest BCUT2D eigenvalue weighted by Crippen LogP contribution is -2.41. The van der Waals surface area contributed by atoms with Crippen LogP contribution in [0.2, 0.25) is 24.7 Å². The van der Waals surface area contributed by atoms with Gasteiger partial charge in [0, 0.05) is 11.4 Å². The molecule has 0 aliphatic heterocycles. The Hall–Kier alpha value is -0.163. The van der Waals surface area contributed by atoms with Crippen LogP contribution < -0.4 is 11.1 Å². The molecule has 16 heavy (non-hydrogen) atoms. The lowest BCUT2D eigenvalue weighted by molar-refractivity contribution is 0.476. The zero-order chi connectivity index (χ0) is 12.9. The highest BCUT2D eigenvalue weighted by molar-refractivity contribution is 6.89. The van der Waals surface area contributed by atoms with Gasteiger partial charge in [0.25, 0.3) is 0 Å². The summed E-state index contributed by atoms with van der Waals surface area (Å²) >= 11 is 15.5. The molecule has 0 atom stereocenters. The summed E-state index contributed by atoms with van der Waals surface area (Å²) in [7, 11) is -1.57. The molecule has 3 nitrogen and oxygen atoms in total. The third kappa shape index (κ3) is 4.78. The Morgan fingerprint density at radius 3 is 2.19 bits per heavy atom. The van der Waals surface area contributed by atoms with E-state index in [4.69, 9.17) is 40.5 Å². The van der Waals surface area contributed by atoms with Crippen molar-refractivity contribution in [2.45, 2.75) is 19.6 Å². The van der Waals surface area contributed by atoms with E-state index in [-0.39, 0.29) is 16.9 Å². The molecular formula is C9H15Cl3N2OSi. The first-order valence-corrected chi connectivity index (χ1v) is 9.46. The third-order valence-corrected chi connectivity index (χ3v) is 3.94. The highest BCUT2D eigenvalue weighted by Crippen LogP contribution is 2.21. The van der Waals surface area contributed by atoms with Crippen LogP contribution in [-0.4, -0.2) is 23.5 Å². The van der Waals surface area contributed by atoms with Gasteiger partial charge in [-0.1, -0.05) is 31.2 Å². The first-order chi connectivity index (χ1) is 7.23. The van der Waals surface area contributed by atoms with Crippen LogP contribution in [0.4, 0.5) is 5.82 Å². The highest BCUT2D eigenvalue weighted by Gasteiger charge is 2.22. The van der Waals surface area contributed by atoms with E-state index in [1.807, 2.05) is 0 Å². The van der Waals surface area contributed by atoms with Gasteiger partial charge in [-0.15, -0.1) is 23.2 Å². The Morgan fingerprint density at radius 1 is 1.38 bits per heavy atom. The number of anilines is 1. The molecule has 0 radical (unpaired) electrons. The van der Waals surface area contributed by atoms with Crippen LogP contribution in [0.1, 0.15) is 0 Å². The number of pyridine rings is 1. The summed E-state index contributed by atoms with van der Waals surface area (Å²) in [5.74, 6) is 0.105. The Kier molecular flexibility index (Phi) is 6.48. The number of aromatic nitrogens is 1. The molecule has 0 bridgehead atoms. The largest absolute Gasteiger partial charge is 0.504 e. The van der Waals surface area contributed by atoms with E-state index >= 15 is 0 Å².